The molecule has 0 atom stereocenters. The maximum Gasteiger partial charge on any atom is 0.251 e. The predicted octanol–water partition coefficient (Wildman–Crippen LogP) is 1.84. The summed E-state index contributed by atoms with van der Waals surface area (Å²) in [7, 11) is 0. The predicted molar refractivity (Wildman–Crippen MR) is 77.7 cm³/mol. The second kappa shape index (κ2) is 4.40. The lowest BCUT2D eigenvalue weighted by molar-refractivity contribution is -0.130. The Morgan fingerprint density at radius 3 is 1.50 bits per heavy atom. The topological polar surface area (TPSA) is 68.1 Å². The molecule has 4 aliphatic carbocycles. The molecular weight excluding hydrogens is 280 g/mol. The van der Waals surface area contributed by atoms with E-state index < -0.39 is 0 Å². The van der Waals surface area contributed by atoms with Crippen LogP contribution in [0.5, 0.6) is 0 Å². The van der Waals surface area contributed by atoms with Crippen LogP contribution >= 0.6 is 0 Å². The first-order valence-electron chi connectivity index (χ1n) is 8.57. The maximum absolute atomic E-state index is 12.8. The van der Waals surface area contributed by atoms with E-state index in [1.807, 2.05) is 4.68 Å². The minimum Gasteiger partial charge on any atom is -0.272 e. The molecule has 2 amide bonds. The summed E-state index contributed by atoms with van der Waals surface area (Å²) < 4.78 is 1.83. The zero-order valence-electron chi connectivity index (χ0n) is 12.6. The first kappa shape index (κ1) is 12.8. The molecule has 0 spiro atoms. The highest BCUT2D eigenvalue weighted by Crippen LogP contribution is 2.45. The molecular formula is C16H20N4O2. The average Bonchev–Trinajstić information content (AvgIpc) is 3.37. The molecule has 22 heavy (non-hydrogen) atoms. The standard InChI is InChI=1S/C16H20N4O2/c21-15(11-5-6-11)20(16(22)12-7-8-12)19-13(9-1-2-9)17-18-14(19)10-3-4-10/h9-12H,1-8H2. The second-order valence-corrected chi connectivity index (χ2v) is 7.31. The van der Waals surface area contributed by atoms with Gasteiger partial charge in [0.1, 0.15) is 0 Å². The molecule has 0 aliphatic heterocycles. The Bertz CT molecular complexity index is 598. The van der Waals surface area contributed by atoms with Crippen LogP contribution in [0.1, 0.15) is 74.9 Å². The highest BCUT2D eigenvalue weighted by molar-refractivity contribution is 6.11. The van der Waals surface area contributed by atoms with E-state index in [0.29, 0.717) is 11.8 Å². The third-order valence-corrected chi connectivity index (χ3v) is 5.04. The van der Waals surface area contributed by atoms with Gasteiger partial charge in [-0.15, -0.1) is 10.2 Å². The quantitative estimate of drug-likeness (QED) is 0.778. The van der Waals surface area contributed by atoms with Gasteiger partial charge >= 0.3 is 0 Å². The van der Waals surface area contributed by atoms with Crippen molar-refractivity contribution in [2.75, 3.05) is 5.01 Å². The number of amides is 2. The zero-order valence-corrected chi connectivity index (χ0v) is 12.6. The monoisotopic (exact) mass is 300 g/mol. The lowest BCUT2D eigenvalue weighted by Gasteiger charge is -2.24. The van der Waals surface area contributed by atoms with Crippen LogP contribution in [0.2, 0.25) is 0 Å². The van der Waals surface area contributed by atoms with Crippen LogP contribution < -0.4 is 5.01 Å². The number of nitrogens with zero attached hydrogens (tertiary/aromatic N) is 4. The number of rotatable bonds is 5. The average molecular weight is 300 g/mol. The molecule has 1 aromatic rings. The van der Waals surface area contributed by atoms with Gasteiger partial charge in [0.2, 0.25) is 0 Å². The Hall–Kier alpha value is -1.72. The van der Waals surface area contributed by atoms with Crippen molar-refractivity contribution in [3.05, 3.63) is 11.6 Å². The first-order valence-corrected chi connectivity index (χ1v) is 8.57. The van der Waals surface area contributed by atoms with Crippen LogP contribution in [0, 0.1) is 11.8 Å². The van der Waals surface area contributed by atoms with E-state index in [2.05, 4.69) is 10.2 Å². The summed E-state index contributed by atoms with van der Waals surface area (Å²) in [5, 5.41) is 10.1. The van der Waals surface area contributed by atoms with Crippen LogP contribution in [0.25, 0.3) is 0 Å². The second-order valence-electron chi connectivity index (χ2n) is 7.31. The van der Waals surface area contributed by atoms with Crippen molar-refractivity contribution < 1.29 is 9.59 Å². The van der Waals surface area contributed by atoms with Crippen LogP contribution in [0.3, 0.4) is 0 Å². The molecule has 0 radical (unpaired) electrons. The van der Waals surface area contributed by atoms with Crippen molar-refractivity contribution in [3.63, 3.8) is 0 Å². The summed E-state index contributed by atoms with van der Waals surface area (Å²) in [6.45, 7) is 0. The summed E-state index contributed by atoms with van der Waals surface area (Å²) in [6, 6.07) is 0. The molecule has 4 aliphatic rings. The van der Waals surface area contributed by atoms with Gasteiger partial charge in [0.05, 0.1) is 0 Å². The van der Waals surface area contributed by atoms with Gasteiger partial charge in [0.15, 0.2) is 11.6 Å². The van der Waals surface area contributed by atoms with Gasteiger partial charge < -0.3 is 0 Å². The van der Waals surface area contributed by atoms with Gasteiger partial charge in [-0.3, -0.25) is 9.59 Å². The summed E-state index contributed by atoms with van der Waals surface area (Å²) in [5.74, 6) is 2.44. The number of hydrogen-bond acceptors (Lipinski definition) is 4. The smallest absolute Gasteiger partial charge is 0.251 e. The molecule has 6 heteroatoms. The number of imide groups is 1. The van der Waals surface area contributed by atoms with E-state index in [1.165, 1.54) is 5.01 Å². The third kappa shape index (κ3) is 2.08. The van der Waals surface area contributed by atoms with Gasteiger partial charge in [-0.25, -0.2) is 4.68 Å². The van der Waals surface area contributed by atoms with Gasteiger partial charge in [-0.1, -0.05) is 0 Å². The number of carbonyl (C=O) groups excluding carboxylic acids is 2. The van der Waals surface area contributed by atoms with Gasteiger partial charge in [-0.05, 0) is 51.4 Å². The molecule has 0 saturated heterocycles. The summed E-state index contributed by atoms with van der Waals surface area (Å²) in [4.78, 5) is 25.6. The van der Waals surface area contributed by atoms with Crippen molar-refractivity contribution in [3.8, 4) is 0 Å². The Morgan fingerprint density at radius 1 is 0.773 bits per heavy atom. The fraction of sp³-hybridized carbons (Fsp3) is 0.750. The van der Waals surface area contributed by atoms with E-state index in [1.54, 1.807) is 0 Å². The molecule has 0 aromatic carbocycles. The lowest BCUT2D eigenvalue weighted by Crippen LogP contribution is -2.48. The van der Waals surface area contributed by atoms with Crippen LogP contribution in [-0.2, 0) is 9.59 Å². The van der Waals surface area contributed by atoms with Crippen molar-refractivity contribution in [1.82, 2.24) is 14.9 Å². The van der Waals surface area contributed by atoms with E-state index in [4.69, 9.17) is 0 Å². The third-order valence-electron chi connectivity index (χ3n) is 5.04. The van der Waals surface area contributed by atoms with Crippen molar-refractivity contribution in [2.45, 2.75) is 63.2 Å². The van der Waals surface area contributed by atoms with E-state index in [0.717, 1.165) is 63.0 Å². The molecule has 1 heterocycles. The Morgan fingerprint density at radius 2 is 1.18 bits per heavy atom. The molecule has 4 saturated carbocycles. The van der Waals surface area contributed by atoms with Gasteiger partial charge in [0.25, 0.3) is 11.8 Å². The van der Waals surface area contributed by atoms with Crippen LogP contribution in [0.15, 0.2) is 0 Å². The summed E-state index contributed by atoms with van der Waals surface area (Å²) >= 11 is 0. The largest absolute Gasteiger partial charge is 0.272 e. The number of carbonyl (C=O) groups is 2. The van der Waals surface area contributed by atoms with Crippen LogP contribution in [0.4, 0.5) is 0 Å². The molecule has 5 rings (SSSR count). The molecule has 0 N–H and O–H groups in total. The molecule has 6 nitrogen and oxygen atoms in total. The van der Waals surface area contributed by atoms with Crippen molar-refractivity contribution in [1.29, 1.82) is 0 Å². The lowest BCUT2D eigenvalue weighted by atomic mass is 10.3. The minimum absolute atomic E-state index is 0.0273. The highest BCUT2D eigenvalue weighted by atomic mass is 16.2. The maximum atomic E-state index is 12.8. The summed E-state index contributed by atoms with van der Waals surface area (Å²) in [5.41, 5.74) is 0. The minimum atomic E-state index is -0.0273. The molecule has 116 valence electrons. The number of hydrogen-bond donors (Lipinski definition) is 0. The Labute approximate surface area is 128 Å². The Balaban J connectivity index is 1.59. The molecule has 4 fully saturated rings. The summed E-state index contributed by atoms with van der Waals surface area (Å²) in [6.07, 6.45) is 8.00. The highest BCUT2D eigenvalue weighted by Gasteiger charge is 2.46. The zero-order chi connectivity index (χ0) is 14.8. The molecule has 0 unspecified atom stereocenters. The van der Waals surface area contributed by atoms with E-state index in [9.17, 15) is 9.59 Å². The van der Waals surface area contributed by atoms with Crippen molar-refractivity contribution >= 4 is 11.8 Å². The normalized spacial score (nSPS) is 24.4. The van der Waals surface area contributed by atoms with E-state index >= 15 is 0 Å². The number of aromatic nitrogens is 3. The SMILES string of the molecule is O=C(C1CC1)N(C(=O)C1CC1)n1c(C2CC2)nnc1C1CC1. The van der Waals surface area contributed by atoms with Crippen molar-refractivity contribution in [2.24, 2.45) is 11.8 Å². The van der Waals surface area contributed by atoms with Gasteiger partial charge in [0, 0.05) is 23.7 Å². The molecule has 0 bridgehead atoms. The fourth-order valence-corrected chi connectivity index (χ4v) is 3.01. The van der Waals surface area contributed by atoms with Gasteiger partial charge in [-0.2, -0.15) is 5.01 Å². The first-order chi connectivity index (χ1) is 10.7. The fourth-order valence-electron chi connectivity index (χ4n) is 3.01. The van der Waals surface area contributed by atoms with E-state index in [-0.39, 0.29) is 23.7 Å². The Kier molecular flexibility index (Phi) is 2.56. The van der Waals surface area contributed by atoms with Crippen LogP contribution in [-0.4, -0.2) is 26.7 Å². The molecule has 1 aromatic heterocycles.